The maximum absolute atomic E-state index is 13.3. The van der Waals surface area contributed by atoms with Crippen LogP contribution in [0.2, 0.25) is 0 Å². The summed E-state index contributed by atoms with van der Waals surface area (Å²) < 4.78 is 15.0. The first kappa shape index (κ1) is 17.6. The number of nitrogens with one attached hydrogen (secondary N) is 1. The van der Waals surface area contributed by atoms with Gasteiger partial charge in [-0.25, -0.2) is 9.07 Å². The molecule has 2 N–H and O–H groups in total. The van der Waals surface area contributed by atoms with Gasteiger partial charge >= 0.3 is 0 Å². The summed E-state index contributed by atoms with van der Waals surface area (Å²) in [7, 11) is 2.10. The zero-order valence-electron chi connectivity index (χ0n) is 15.1. The van der Waals surface area contributed by atoms with Gasteiger partial charge in [-0.3, -0.25) is 0 Å². The van der Waals surface area contributed by atoms with Crippen LogP contribution in [0.25, 0.3) is 16.7 Å². The molecule has 4 rings (SSSR count). The Hall–Kier alpha value is -2.78. The first-order chi connectivity index (χ1) is 13.2. The summed E-state index contributed by atoms with van der Waals surface area (Å²) in [5.74, 6) is 0.963. The van der Waals surface area contributed by atoms with E-state index in [1.54, 1.807) is 23.0 Å². The van der Waals surface area contributed by atoms with Crippen LogP contribution in [0.1, 0.15) is 0 Å². The molecule has 0 aliphatic carbocycles. The van der Waals surface area contributed by atoms with Crippen molar-refractivity contribution in [3.05, 3.63) is 36.3 Å². The van der Waals surface area contributed by atoms with Crippen LogP contribution in [0.3, 0.4) is 0 Å². The molecule has 0 unspecified atom stereocenters. The summed E-state index contributed by atoms with van der Waals surface area (Å²) >= 11 is 0. The molecule has 9 heteroatoms. The van der Waals surface area contributed by atoms with Crippen molar-refractivity contribution in [1.82, 2.24) is 24.6 Å². The number of benzene rings is 1. The van der Waals surface area contributed by atoms with Gasteiger partial charge in [-0.05, 0) is 31.3 Å². The monoisotopic (exact) mass is 371 g/mol. The Morgan fingerprint density at radius 2 is 1.85 bits per heavy atom. The van der Waals surface area contributed by atoms with Crippen LogP contribution >= 0.6 is 0 Å². The van der Waals surface area contributed by atoms with E-state index in [-0.39, 0.29) is 12.4 Å². The SMILES string of the molecule is CN1CCN(c2nc(NCCO)c3cnn(-c4ccc(F)cc4)c3n2)CC1. The summed E-state index contributed by atoms with van der Waals surface area (Å²) in [6.45, 7) is 3.95. The van der Waals surface area contributed by atoms with Crippen LogP contribution in [0.4, 0.5) is 16.2 Å². The fraction of sp³-hybridized carbons (Fsp3) is 0.389. The number of aliphatic hydroxyl groups excluding tert-OH is 1. The highest BCUT2D eigenvalue weighted by Gasteiger charge is 2.20. The third-order valence-electron chi connectivity index (χ3n) is 4.68. The molecule has 3 heterocycles. The number of aromatic nitrogens is 4. The Kier molecular flexibility index (Phi) is 4.87. The van der Waals surface area contributed by atoms with Crippen molar-refractivity contribution in [2.75, 3.05) is 56.6 Å². The first-order valence-electron chi connectivity index (χ1n) is 8.95. The fourth-order valence-electron chi connectivity index (χ4n) is 3.12. The number of hydrogen-bond acceptors (Lipinski definition) is 7. The van der Waals surface area contributed by atoms with Gasteiger partial charge in [0.25, 0.3) is 0 Å². The molecule has 0 atom stereocenters. The Morgan fingerprint density at radius 3 is 2.56 bits per heavy atom. The summed E-state index contributed by atoms with van der Waals surface area (Å²) in [5, 5.41) is 17.5. The average Bonchev–Trinajstić information content (AvgIpc) is 3.11. The highest BCUT2D eigenvalue weighted by Crippen LogP contribution is 2.26. The second-order valence-electron chi connectivity index (χ2n) is 6.58. The van der Waals surface area contributed by atoms with Gasteiger partial charge in [0, 0.05) is 32.7 Å². The number of halogens is 1. The van der Waals surface area contributed by atoms with Crippen LogP contribution in [0.5, 0.6) is 0 Å². The lowest BCUT2D eigenvalue weighted by Crippen LogP contribution is -2.45. The largest absolute Gasteiger partial charge is 0.395 e. The minimum Gasteiger partial charge on any atom is -0.395 e. The molecule has 2 aromatic heterocycles. The van der Waals surface area contributed by atoms with E-state index in [9.17, 15) is 9.50 Å². The van der Waals surface area contributed by atoms with Gasteiger partial charge in [-0.2, -0.15) is 15.1 Å². The van der Waals surface area contributed by atoms with Crippen LogP contribution in [-0.4, -0.2) is 76.1 Å². The molecular formula is C18H22FN7O. The molecule has 27 heavy (non-hydrogen) atoms. The molecule has 8 nitrogen and oxygen atoms in total. The van der Waals surface area contributed by atoms with Gasteiger partial charge in [0.2, 0.25) is 5.95 Å². The lowest BCUT2D eigenvalue weighted by atomic mass is 10.3. The zero-order chi connectivity index (χ0) is 18.8. The van der Waals surface area contributed by atoms with E-state index in [2.05, 4.69) is 32.2 Å². The molecule has 0 bridgehead atoms. The Labute approximate surface area is 156 Å². The molecule has 3 aromatic rings. The number of rotatable bonds is 5. The van der Waals surface area contributed by atoms with Crippen molar-refractivity contribution in [3.8, 4) is 5.69 Å². The molecule has 142 valence electrons. The number of aliphatic hydroxyl groups is 1. The van der Waals surface area contributed by atoms with E-state index in [4.69, 9.17) is 4.98 Å². The Balaban J connectivity index is 1.79. The Bertz CT molecular complexity index is 919. The molecule has 1 aromatic carbocycles. The number of fused-ring (bicyclic) bond motifs is 1. The number of likely N-dealkylation sites (N-methyl/N-ethyl adjacent to an activating group) is 1. The lowest BCUT2D eigenvalue weighted by Gasteiger charge is -2.32. The molecule has 1 fully saturated rings. The van der Waals surface area contributed by atoms with Crippen molar-refractivity contribution in [3.63, 3.8) is 0 Å². The normalized spacial score (nSPS) is 15.4. The molecule has 1 aliphatic heterocycles. The van der Waals surface area contributed by atoms with Crippen molar-refractivity contribution in [1.29, 1.82) is 0 Å². The average molecular weight is 371 g/mol. The smallest absolute Gasteiger partial charge is 0.229 e. The van der Waals surface area contributed by atoms with E-state index in [1.165, 1.54) is 12.1 Å². The quantitative estimate of drug-likeness (QED) is 0.695. The number of piperazine rings is 1. The maximum Gasteiger partial charge on any atom is 0.229 e. The minimum absolute atomic E-state index is 0.00143. The molecule has 0 spiro atoms. The highest BCUT2D eigenvalue weighted by molar-refractivity contribution is 5.88. The second kappa shape index (κ2) is 7.45. The van der Waals surface area contributed by atoms with Crippen molar-refractivity contribution in [2.24, 2.45) is 0 Å². The van der Waals surface area contributed by atoms with Gasteiger partial charge in [0.15, 0.2) is 5.65 Å². The highest BCUT2D eigenvalue weighted by atomic mass is 19.1. The third-order valence-corrected chi connectivity index (χ3v) is 4.68. The summed E-state index contributed by atoms with van der Waals surface area (Å²) in [6.07, 6.45) is 1.69. The van der Waals surface area contributed by atoms with E-state index >= 15 is 0 Å². The molecule has 0 saturated carbocycles. The van der Waals surface area contributed by atoms with Gasteiger partial charge in [0.1, 0.15) is 11.6 Å². The summed E-state index contributed by atoms with van der Waals surface area (Å²) in [5.41, 5.74) is 1.37. The summed E-state index contributed by atoms with van der Waals surface area (Å²) in [6, 6.07) is 6.13. The standard InChI is InChI=1S/C18H22FN7O/c1-24-7-9-25(10-8-24)18-22-16(20-6-11-27)15-12-21-26(17(15)23-18)14-4-2-13(19)3-5-14/h2-5,12,27H,6-11H2,1H3,(H,20,22,23). The predicted molar refractivity (Wildman–Crippen MR) is 102 cm³/mol. The van der Waals surface area contributed by atoms with Gasteiger partial charge < -0.3 is 20.2 Å². The van der Waals surface area contributed by atoms with Crippen LogP contribution in [0.15, 0.2) is 30.5 Å². The first-order valence-corrected chi connectivity index (χ1v) is 8.95. The van der Waals surface area contributed by atoms with E-state index in [1.807, 2.05) is 0 Å². The molecular weight excluding hydrogens is 349 g/mol. The maximum atomic E-state index is 13.3. The van der Waals surface area contributed by atoms with Crippen LogP contribution in [0, 0.1) is 5.82 Å². The second-order valence-corrected chi connectivity index (χ2v) is 6.58. The lowest BCUT2D eigenvalue weighted by molar-refractivity contribution is 0.310. The van der Waals surface area contributed by atoms with E-state index in [0.717, 1.165) is 37.3 Å². The molecule has 1 aliphatic rings. The van der Waals surface area contributed by atoms with E-state index < -0.39 is 0 Å². The number of nitrogens with zero attached hydrogens (tertiary/aromatic N) is 6. The van der Waals surface area contributed by atoms with Crippen molar-refractivity contribution < 1.29 is 9.50 Å². The van der Waals surface area contributed by atoms with Crippen molar-refractivity contribution >= 4 is 22.8 Å². The Morgan fingerprint density at radius 1 is 1.11 bits per heavy atom. The van der Waals surface area contributed by atoms with Gasteiger partial charge in [-0.15, -0.1) is 0 Å². The number of anilines is 2. The molecule has 0 amide bonds. The van der Waals surface area contributed by atoms with Crippen molar-refractivity contribution in [2.45, 2.75) is 0 Å². The minimum atomic E-state index is -0.298. The fourth-order valence-corrected chi connectivity index (χ4v) is 3.12. The van der Waals surface area contributed by atoms with Gasteiger partial charge in [0.05, 0.1) is 23.9 Å². The molecule has 1 saturated heterocycles. The van der Waals surface area contributed by atoms with Crippen LogP contribution in [-0.2, 0) is 0 Å². The predicted octanol–water partition coefficient (Wildman–Crippen LogP) is 1.11. The molecule has 0 radical (unpaired) electrons. The zero-order valence-corrected chi connectivity index (χ0v) is 15.1. The summed E-state index contributed by atoms with van der Waals surface area (Å²) in [4.78, 5) is 13.8. The topological polar surface area (TPSA) is 82.3 Å². The third kappa shape index (κ3) is 3.56. The van der Waals surface area contributed by atoms with Crippen LogP contribution < -0.4 is 10.2 Å². The van der Waals surface area contributed by atoms with Gasteiger partial charge in [-0.1, -0.05) is 0 Å². The number of hydrogen-bond donors (Lipinski definition) is 2. The van der Waals surface area contributed by atoms with E-state index in [0.29, 0.717) is 24.0 Å².